The lowest BCUT2D eigenvalue weighted by Crippen LogP contribution is -2.13. The number of aromatic nitrogens is 3. The molecule has 1 aliphatic rings. The number of aryl methyl sites for hydroxylation is 1. The summed E-state index contributed by atoms with van der Waals surface area (Å²) in [5, 5.41) is 21.3. The van der Waals surface area contributed by atoms with Crippen LogP contribution in [-0.4, -0.2) is 33.4 Å². The molecule has 2 aromatic heterocycles. The summed E-state index contributed by atoms with van der Waals surface area (Å²) < 4.78 is 5.74. The molecule has 0 unspecified atom stereocenters. The average molecular weight is 380 g/mol. The van der Waals surface area contributed by atoms with Crippen LogP contribution in [0.2, 0.25) is 0 Å². The van der Waals surface area contributed by atoms with Crippen LogP contribution in [0.4, 0.5) is 6.01 Å². The Bertz CT molecular complexity index is 1000. The van der Waals surface area contributed by atoms with Crippen LogP contribution in [0.15, 0.2) is 22.6 Å². The zero-order valence-electron chi connectivity index (χ0n) is 17.0. The van der Waals surface area contributed by atoms with Crippen LogP contribution in [0.25, 0.3) is 22.5 Å². The predicted molar refractivity (Wildman–Crippen MR) is 111 cm³/mol. The Morgan fingerprint density at radius 2 is 1.96 bits per heavy atom. The van der Waals surface area contributed by atoms with E-state index < -0.39 is 0 Å². The van der Waals surface area contributed by atoms with Crippen LogP contribution in [0, 0.1) is 6.92 Å². The Hall–Kier alpha value is -2.47. The van der Waals surface area contributed by atoms with Crippen molar-refractivity contribution < 1.29 is 9.52 Å². The van der Waals surface area contributed by atoms with Gasteiger partial charge >= 0.3 is 6.01 Å². The first kappa shape index (κ1) is 18.9. The Morgan fingerprint density at radius 1 is 1.18 bits per heavy atom. The highest BCUT2D eigenvalue weighted by molar-refractivity contribution is 5.88. The first-order valence-corrected chi connectivity index (χ1v) is 10.0. The number of nitrogens with one attached hydrogen (secondary N) is 1. The maximum Gasteiger partial charge on any atom is 0.315 e. The van der Waals surface area contributed by atoms with Gasteiger partial charge in [-0.25, -0.2) is 4.98 Å². The molecule has 1 aliphatic carbocycles. The summed E-state index contributed by atoms with van der Waals surface area (Å²) in [6.45, 7) is 9.53. The summed E-state index contributed by atoms with van der Waals surface area (Å²) in [5.74, 6) is 1.11. The van der Waals surface area contributed by atoms with E-state index in [1.54, 1.807) is 0 Å². The van der Waals surface area contributed by atoms with Crippen LogP contribution >= 0.6 is 0 Å². The fourth-order valence-corrected chi connectivity index (χ4v) is 3.52. The molecule has 0 atom stereocenters. The van der Waals surface area contributed by atoms with Crippen molar-refractivity contribution in [2.24, 2.45) is 0 Å². The largest absolute Gasteiger partial charge is 0.402 e. The molecule has 0 aliphatic heterocycles. The highest BCUT2D eigenvalue weighted by atomic mass is 16.4. The molecular weight excluding hydrogens is 352 g/mol. The molecule has 3 aromatic rings. The second kappa shape index (κ2) is 7.17. The lowest BCUT2D eigenvalue weighted by Gasteiger charge is -2.23. The van der Waals surface area contributed by atoms with Gasteiger partial charge in [-0.2, -0.15) is 0 Å². The normalized spacial score (nSPS) is 14.6. The quantitative estimate of drug-likeness (QED) is 0.610. The zero-order valence-corrected chi connectivity index (χ0v) is 17.0. The van der Waals surface area contributed by atoms with Gasteiger partial charge in [0.05, 0.1) is 5.52 Å². The third-order valence-electron chi connectivity index (χ3n) is 5.25. The molecule has 0 spiro atoms. The fraction of sp³-hybridized carbons (Fsp3) is 0.500. The highest BCUT2D eigenvalue weighted by Gasteiger charge is 2.28. The summed E-state index contributed by atoms with van der Waals surface area (Å²) in [5.41, 5.74) is 5.56. The van der Waals surface area contributed by atoms with Gasteiger partial charge in [-0.15, -0.1) is 5.10 Å². The van der Waals surface area contributed by atoms with E-state index in [2.05, 4.69) is 55.3 Å². The summed E-state index contributed by atoms with van der Waals surface area (Å²) in [6, 6.07) is 7.02. The van der Waals surface area contributed by atoms with Crippen LogP contribution in [0.3, 0.4) is 0 Å². The van der Waals surface area contributed by atoms with Crippen molar-refractivity contribution in [3.63, 3.8) is 0 Å². The standard InChI is InChI=1S/C22H28N4O2/c1-13-10-18(20-25-26-21(28-20)23-8-5-9-27)24-19-16(13)11-15(14-6-7-14)12-17(19)22(2,3)4/h10-12,14,27H,5-9H2,1-4H3,(H,23,26). The number of hydrogen-bond acceptors (Lipinski definition) is 6. The number of aliphatic hydroxyl groups is 1. The summed E-state index contributed by atoms with van der Waals surface area (Å²) >= 11 is 0. The van der Waals surface area contributed by atoms with Crippen molar-refractivity contribution in [2.45, 2.75) is 58.3 Å². The molecule has 1 aromatic carbocycles. The molecular formula is C22H28N4O2. The molecule has 6 nitrogen and oxygen atoms in total. The lowest BCUT2D eigenvalue weighted by molar-refractivity contribution is 0.292. The molecule has 148 valence electrons. The van der Waals surface area contributed by atoms with Gasteiger partial charge < -0.3 is 14.8 Å². The van der Waals surface area contributed by atoms with Gasteiger partial charge in [-0.05, 0) is 66.3 Å². The fourth-order valence-electron chi connectivity index (χ4n) is 3.52. The smallest absolute Gasteiger partial charge is 0.315 e. The molecule has 2 heterocycles. The second-order valence-corrected chi connectivity index (χ2v) is 8.73. The summed E-state index contributed by atoms with van der Waals surface area (Å²) in [7, 11) is 0. The minimum atomic E-state index is -0.00688. The minimum Gasteiger partial charge on any atom is -0.402 e. The van der Waals surface area contributed by atoms with E-state index in [0.717, 1.165) is 5.52 Å². The van der Waals surface area contributed by atoms with Crippen LogP contribution in [0.5, 0.6) is 0 Å². The molecule has 2 N–H and O–H groups in total. The Labute approximate surface area is 165 Å². The van der Waals surface area contributed by atoms with Crippen LogP contribution < -0.4 is 5.32 Å². The van der Waals surface area contributed by atoms with Gasteiger partial charge in [0.25, 0.3) is 5.89 Å². The zero-order chi connectivity index (χ0) is 19.9. The van der Waals surface area contributed by atoms with E-state index in [4.69, 9.17) is 14.5 Å². The molecule has 6 heteroatoms. The van der Waals surface area contributed by atoms with E-state index in [1.165, 1.54) is 34.9 Å². The van der Waals surface area contributed by atoms with Gasteiger partial charge in [0, 0.05) is 18.5 Å². The SMILES string of the molecule is Cc1cc(-c2nnc(NCCCO)o2)nc2c(C(C)(C)C)cc(C3CC3)cc12. The number of hydrogen-bond donors (Lipinski definition) is 2. The molecule has 1 fully saturated rings. The van der Waals surface area contributed by atoms with E-state index in [1.807, 2.05) is 6.07 Å². The third-order valence-corrected chi connectivity index (χ3v) is 5.25. The summed E-state index contributed by atoms with van der Waals surface area (Å²) in [4.78, 5) is 4.94. The average Bonchev–Trinajstić information content (AvgIpc) is 3.39. The first-order chi connectivity index (χ1) is 13.4. The van der Waals surface area contributed by atoms with Crippen LogP contribution in [0.1, 0.15) is 62.6 Å². The molecule has 0 amide bonds. The molecule has 1 saturated carbocycles. The molecule has 0 radical (unpaired) electrons. The van der Waals surface area contributed by atoms with E-state index in [-0.39, 0.29) is 12.0 Å². The van der Waals surface area contributed by atoms with E-state index >= 15 is 0 Å². The highest BCUT2D eigenvalue weighted by Crippen LogP contribution is 2.43. The first-order valence-electron chi connectivity index (χ1n) is 10.0. The number of pyridine rings is 1. The van der Waals surface area contributed by atoms with Crippen molar-refractivity contribution in [3.05, 3.63) is 34.9 Å². The van der Waals surface area contributed by atoms with E-state index in [0.29, 0.717) is 36.5 Å². The van der Waals surface area contributed by atoms with Gasteiger partial charge in [-0.3, -0.25) is 0 Å². The van der Waals surface area contributed by atoms with Crippen molar-refractivity contribution in [1.82, 2.24) is 15.2 Å². The number of benzene rings is 1. The molecule has 0 bridgehead atoms. The van der Waals surface area contributed by atoms with Crippen molar-refractivity contribution in [1.29, 1.82) is 0 Å². The monoisotopic (exact) mass is 380 g/mol. The third kappa shape index (κ3) is 3.74. The maximum absolute atomic E-state index is 8.89. The van der Waals surface area contributed by atoms with E-state index in [9.17, 15) is 0 Å². The molecule has 4 rings (SSSR count). The van der Waals surface area contributed by atoms with Crippen molar-refractivity contribution >= 4 is 16.9 Å². The van der Waals surface area contributed by atoms with Gasteiger partial charge in [0.2, 0.25) is 0 Å². The number of fused-ring (bicyclic) bond motifs is 1. The lowest BCUT2D eigenvalue weighted by atomic mass is 9.83. The second-order valence-electron chi connectivity index (χ2n) is 8.73. The minimum absolute atomic E-state index is 0.00688. The van der Waals surface area contributed by atoms with Gasteiger partial charge in [0.15, 0.2) is 0 Å². The van der Waals surface area contributed by atoms with Crippen molar-refractivity contribution in [3.8, 4) is 11.6 Å². The topological polar surface area (TPSA) is 84.1 Å². The Balaban J connectivity index is 1.78. The molecule has 28 heavy (non-hydrogen) atoms. The Morgan fingerprint density at radius 3 is 2.64 bits per heavy atom. The molecule has 0 saturated heterocycles. The number of rotatable bonds is 6. The van der Waals surface area contributed by atoms with Crippen molar-refractivity contribution in [2.75, 3.05) is 18.5 Å². The maximum atomic E-state index is 8.89. The number of anilines is 1. The number of aliphatic hydroxyl groups excluding tert-OH is 1. The van der Waals surface area contributed by atoms with Gasteiger partial charge in [0.1, 0.15) is 5.69 Å². The predicted octanol–water partition coefficient (Wildman–Crippen LogP) is 4.56. The van der Waals surface area contributed by atoms with Gasteiger partial charge in [-0.1, -0.05) is 31.9 Å². The Kier molecular flexibility index (Phi) is 4.83. The summed E-state index contributed by atoms with van der Waals surface area (Å²) in [6.07, 6.45) is 3.20. The van der Waals surface area contributed by atoms with Crippen LogP contribution in [-0.2, 0) is 5.41 Å². The number of nitrogens with zero attached hydrogens (tertiary/aromatic N) is 3.